The minimum absolute atomic E-state index is 0.00123. The standard InChI is InChI=1S/C17H19ClN2O/c1-12-9-15(18)8-7-14(12)11-19-16-6-4-5-13(10-16)17(21)20(2)3/h4-10,19H,11H2,1-3H3. The first-order valence-corrected chi connectivity index (χ1v) is 7.16. The van der Waals surface area contributed by atoms with Gasteiger partial charge in [-0.3, -0.25) is 4.79 Å². The van der Waals surface area contributed by atoms with E-state index in [-0.39, 0.29) is 5.91 Å². The average Bonchev–Trinajstić information content (AvgIpc) is 2.45. The predicted molar refractivity (Wildman–Crippen MR) is 88.0 cm³/mol. The van der Waals surface area contributed by atoms with Crippen molar-refractivity contribution in [2.45, 2.75) is 13.5 Å². The molecule has 0 saturated heterocycles. The van der Waals surface area contributed by atoms with Crippen molar-refractivity contribution in [3.8, 4) is 0 Å². The van der Waals surface area contributed by atoms with Gasteiger partial charge in [0, 0.05) is 36.9 Å². The molecule has 2 rings (SSSR count). The van der Waals surface area contributed by atoms with Crippen LogP contribution in [0.2, 0.25) is 5.02 Å². The first-order chi connectivity index (χ1) is 9.97. The fourth-order valence-corrected chi connectivity index (χ4v) is 2.30. The monoisotopic (exact) mass is 302 g/mol. The molecular formula is C17H19ClN2O. The molecule has 3 nitrogen and oxygen atoms in total. The number of benzene rings is 2. The summed E-state index contributed by atoms with van der Waals surface area (Å²) in [6, 6.07) is 13.4. The highest BCUT2D eigenvalue weighted by atomic mass is 35.5. The maximum absolute atomic E-state index is 11.9. The molecule has 1 N–H and O–H groups in total. The maximum Gasteiger partial charge on any atom is 0.253 e. The van der Waals surface area contributed by atoms with E-state index in [0.29, 0.717) is 12.1 Å². The van der Waals surface area contributed by atoms with E-state index in [1.807, 2.05) is 49.4 Å². The number of hydrogen-bond donors (Lipinski definition) is 1. The third-order valence-electron chi connectivity index (χ3n) is 3.30. The van der Waals surface area contributed by atoms with Crippen LogP contribution in [0, 0.1) is 6.92 Å². The number of anilines is 1. The number of halogens is 1. The van der Waals surface area contributed by atoms with E-state index in [0.717, 1.165) is 16.3 Å². The van der Waals surface area contributed by atoms with Gasteiger partial charge in [-0.05, 0) is 48.4 Å². The summed E-state index contributed by atoms with van der Waals surface area (Å²) in [5.41, 5.74) is 3.94. The van der Waals surface area contributed by atoms with Crippen LogP contribution in [0.3, 0.4) is 0 Å². The number of carbonyl (C=O) groups is 1. The molecule has 0 aromatic heterocycles. The Labute approximate surface area is 130 Å². The van der Waals surface area contributed by atoms with E-state index in [4.69, 9.17) is 11.6 Å². The predicted octanol–water partition coefficient (Wildman–Crippen LogP) is 3.96. The molecule has 0 saturated carbocycles. The van der Waals surface area contributed by atoms with Crippen LogP contribution in [0.1, 0.15) is 21.5 Å². The molecule has 0 aliphatic heterocycles. The van der Waals surface area contributed by atoms with Crippen LogP contribution in [-0.2, 0) is 6.54 Å². The molecule has 0 aliphatic rings. The number of carbonyl (C=O) groups excluding carboxylic acids is 1. The molecule has 110 valence electrons. The number of rotatable bonds is 4. The largest absolute Gasteiger partial charge is 0.381 e. The van der Waals surface area contributed by atoms with E-state index in [1.165, 1.54) is 5.56 Å². The summed E-state index contributed by atoms with van der Waals surface area (Å²) in [5.74, 6) is 0.00123. The summed E-state index contributed by atoms with van der Waals surface area (Å²) in [6.45, 7) is 2.73. The zero-order chi connectivity index (χ0) is 15.4. The van der Waals surface area contributed by atoms with Crippen molar-refractivity contribution in [3.05, 3.63) is 64.2 Å². The van der Waals surface area contributed by atoms with Gasteiger partial charge in [0.05, 0.1) is 0 Å². The van der Waals surface area contributed by atoms with Crippen molar-refractivity contribution < 1.29 is 4.79 Å². The van der Waals surface area contributed by atoms with Crippen molar-refractivity contribution in [1.82, 2.24) is 4.90 Å². The maximum atomic E-state index is 11.9. The van der Waals surface area contributed by atoms with Crippen LogP contribution in [0.25, 0.3) is 0 Å². The lowest BCUT2D eigenvalue weighted by molar-refractivity contribution is 0.0827. The van der Waals surface area contributed by atoms with Crippen LogP contribution >= 0.6 is 11.6 Å². The van der Waals surface area contributed by atoms with Gasteiger partial charge in [-0.2, -0.15) is 0 Å². The lowest BCUT2D eigenvalue weighted by Crippen LogP contribution is -2.21. The van der Waals surface area contributed by atoms with Gasteiger partial charge in [-0.15, -0.1) is 0 Å². The Morgan fingerprint density at radius 1 is 1.19 bits per heavy atom. The van der Waals surface area contributed by atoms with Gasteiger partial charge in [0.2, 0.25) is 0 Å². The Morgan fingerprint density at radius 2 is 1.95 bits per heavy atom. The number of aryl methyl sites for hydroxylation is 1. The molecule has 4 heteroatoms. The smallest absolute Gasteiger partial charge is 0.253 e. The molecule has 0 bridgehead atoms. The van der Waals surface area contributed by atoms with Crippen LogP contribution in [0.5, 0.6) is 0 Å². The minimum Gasteiger partial charge on any atom is -0.381 e. The number of amides is 1. The first-order valence-electron chi connectivity index (χ1n) is 6.78. The van der Waals surface area contributed by atoms with Crippen molar-refractivity contribution in [2.24, 2.45) is 0 Å². The van der Waals surface area contributed by atoms with E-state index in [1.54, 1.807) is 19.0 Å². The molecule has 0 radical (unpaired) electrons. The molecule has 0 atom stereocenters. The second-order valence-corrected chi connectivity index (χ2v) is 5.64. The Hall–Kier alpha value is -2.00. The van der Waals surface area contributed by atoms with Gasteiger partial charge in [0.1, 0.15) is 0 Å². The molecule has 0 fully saturated rings. The zero-order valence-corrected chi connectivity index (χ0v) is 13.2. The van der Waals surface area contributed by atoms with Crippen LogP contribution in [0.4, 0.5) is 5.69 Å². The third kappa shape index (κ3) is 3.99. The summed E-state index contributed by atoms with van der Waals surface area (Å²) in [6.07, 6.45) is 0. The second kappa shape index (κ2) is 6.64. The Morgan fingerprint density at radius 3 is 2.62 bits per heavy atom. The van der Waals surface area contributed by atoms with Crippen molar-refractivity contribution >= 4 is 23.2 Å². The highest BCUT2D eigenvalue weighted by Crippen LogP contribution is 2.18. The molecule has 2 aromatic carbocycles. The van der Waals surface area contributed by atoms with Gasteiger partial charge < -0.3 is 10.2 Å². The minimum atomic E-state index is 0.00123. The Bertz CT molecular complexity index is 653. The topological polar surface area (TPSA) is 32.3 Å². The second-order valence-electron chi connectivity index (χ2n) is 5.20. The summed E-state index contributed by atoms with van der Waals surface area (Å²) in [7, 11) is 3.50. The van der Waals surface area contributed by atoms with Gasteiger partial charge in [-0.1, -0.05) is 23.7 Å². The highest BCUT2D eigenvalue weighted by molar-refractivity contribution is 6.30. The highest BCUT2D eigenvalue weighted by Gasteiger charge is 2.08. The fourth-order valence-electron chi connectivity index (χ4n) is 2.08. The normalized spacial score (nSPS) is 10.3. The molecule has 0 heterocycles. The molecule has 0 spiro atoms. The van der Waals surface area contributed by atoms with Gasteiger partial charge in [-0.25, -0.2) is 0 Å². The van der Waals surface area contributed by atoms with E-state index >= 15 is 0 Å². The first kappa shape index (κ1) is 15.4. The Kier molecular flexibility index (Phi) is 4.86. The van der Waals surface area contributed by atoms with Gasteiger partial charge >= 0.3 is 0 Å². The average molecular weight is 303 g/mol. The van der Waals surface area contributed by atoms with Crippen molar-refractivity contribution in [3.63, 3.8) is 0 Å². The summed E-state index contributed by atoms with van der Waals surface area (Å²) in [5, 5.41) is 4.09. The van der Waals surface area contributed by atoms with Crippen LogP contribution in [0.15, 0.2) is 42.5 Å². The van der Waals surface area contributed by atoms with Crippen LogP contribution in [-0.4, -0.2) is 24.9 Å². The molecule has 21 heavy (non-hydrogen) atoms. The summed E-state index contributed by atoms with van der Waals surface area (Å²) in [4.78, 5) is 13.5. The molecule has 1 amide bonds. The SMILES string of the molecule is Cc1cc(Cl)ccc1CNc1cccc(C(=O)N(C)C)c1. The van der Waals surface area contributed by atoms with E-state index < -0.39 is 0 Å². The lowest BCUT2D eigenvalue weighted by atomic mass is 10.1. The molecule has 0 unspecified atom stereocenters. The third-order valence-corrected chi connectivity index (χ3v) is 3.54. The van der Waals surface area contributed by atoms with Gasteiger partial charge in [0.25, 0.3) is 5.91 Å². The number of nitrogens with zero attached hydrogens (tertiary/aromatic N) is 1. The number of hydrogen-bond acceptors (Lipinski definition) is 2. The van der Waals surface area contributed by atoms with E-state index in [2.05, 4.69) is 5.32 Å². The number of nitrogens with one attached hydrogen (secondary N) is 1. The Balaban J connectivity index is 2.10. The zero-order valence-electron chi connectivity index (χ0n) is 12.5. The summed E-state index contributed by atoms with van der Waals surface area (Å²) < 4.78 is 0. The van der Waals surface area contributed by atoms with Gasteiger partial charge in [0.15, 0.2) is 0 Å². The van der Waals surface area contributed by atoms with Crippen LogP contribution < -0.4 is 5.32 Å². The molecule has 0 aliphatic carbocycles. The van der Waals surface area contributed by atoms with E-state index in [9.17, 15) is 4.79 Å². The molecule has 2 aromatic rings. The van der Waals surface area contributed by atoms with Crippen molar-refractivity contribution in [2.75, 3.05) is 19.4 Å². The quantitative estimate of drug-likeness (QED) is 0.927. The summed E-state index contributed by atoms with van der Waals surface area (Å²) >= 11 is 5.96. The van der Waals surface area contributed by atoms with Crippen molar-refractivity contribution in [1.29, 1.82) is 0 Å². The lowest BCUT2D eigenvalue weighted by Gasteiger charge is -2.13. The molecular weight excluding hydrogens is 284 g/mol. The fraction of sp³-hybridized carbons (Fsp3) is 0.235.